The molecule has 0 fully saturated rings. The summed E-state index contributed by atoms with van der Waals surface area (Å²) in [5.41, 5.74) is 3.99. The summed E-state index contributed by atoms with van der Waals surface area (Å²) in [5.74, 6) is 2.65. The van der Waals surface area contributed by atoms with Gasteiger partial charge in [0.05, 0.1) is 17.7 Å². The Balaban J connectivity index is 2.27. The number of thiazole rings is 1. The first-order valence-electron chi connectivity index (χ1n) is 6.29. The molecule has 2 aromatic heterocycles. The minimum absolute atomic E-state index is 0.756. The number of hydrogen-bond acceptors (Lipinski definition) is 6. The number of aromatic nitrogens is 3. The second kappa shape index (κ2) is 5.97. The molecule has 0 aliphatic heterocycles. The molecule has 0 unspecified atom stereocenters. The molecule has 0 aliphatic rings. The molecule has 5 nitrogen and oxygen atoms in total. The van der Waals surface area contributed by atoms with Gasteiger partial charge in [0.2, 0.25) is 0 Å². The Morgan fingerprint density at radius 3 is 2.74 bits per heavy atom. The fraction of sp³-hybridized carbons (Fsp3) is 0.462. The fourth-order valence-corrected chi connectivity index (χ4v) is 2.51. The van der Waals surface area contributed by atoms with Gasteiger partial charge in [0, 0.05) is 24.5 Å². The van der Waals surface area contributed by atoms with E-state index in [1.807, 2.05) is 26.4 Å². The van der Waals surface area contributed by atoms with E-state index in [0.717, 1.165) is 41.8 Å². The van der Waals surface area contributed by atoms with Crippen LogP contribution in [0, 0.1) is 13.8 Å². The largest absolute Gasteiger partial charge is 0.370 e. The molecule has 0 saturated heterocycles. The third-order valence-corrected chi connectivity index (χ3v) is 3.46. The van der Waals surface area contributed by atoms with Crippen LogP contribution in [0.5, 0.6) is 0 Å². The van der Waals surface area contributed by atoms with E-state index in [4.69, 9.17) is 0 Å². The van der Waals surface area contributed by atoms with E-state index in [-0.39, 0.29) is 0 Å². The van der Waals surface area contributed by atoms with Crippen LogP contribution in [0.3, 0.4) is 0 Å². The predicted molar refractivity (Wildman–Crippen MR) is 79.9 cm³/mol. The summed E-state index contributed by atoms with van der Waals surface area (Å²) in [4.78, 5) is 15.4. The highest BCUT2D eigenvalue weighted by Crippen LogP contribution is 2.23. The van der Waals surface area contributed by atoms with Crippen molar-refractivity contribution in [2.24, 2.45) is 0 Å². The van der Waals surface area contributed by atoms with Gasteiger partial charge in [-0.3, -0.25) is 0 Å². The maximum atomic E-state index is 4.55. The van der Waals surface area contributed by atoms with Gasteiger partial charge in [0.1, 0.15) is 17.5 Å². The summed E-state index contributed by atoms with van der Waals surface area (Å²) in [7, 11) is 2.03. The smallest absolute Gasteiger partial charge is 0.137 e. The van der Waals surface area contributed by atoms with Gasteiger partial charge in [-0.25, -0.2) is 15.0 Å². The number of nitrogens with zero attached hydrogens (tertiary/aromatic N) is 4. The van der Waals surface area contributed by atoms with E-state index >= 15 is 0 Å². The summed E-state index contributed by atoms with van der Waals surface area (Å²) in [6, 6.07) is 0. The number of rotatable bonds is 5. The van der Waals surface area contributed by atoms with Crippen LogP contribution < -0.4 is 10.2 Å². The molecule has 0 aromatic carbocycles. The lowest BCUT2D eigenvalue weighted by molar-refractivity contribution is 0.851. The number of hydrogen-bond donors (Lipinski definition) is 1. The van der Waals surface area contributed by atoms with Gasteiger partial charge < -0.3 is 10.2 Å². The van der Waals surface area contributed by atoms with E-state index in [2.05, 4.69) is 37.5 Å². The molecule has 0 bridgehead atoms. The first-order valence-corrected chi connectivity index (χ1v) is 7.23. The van der Waals surface area contributed by atoms with Crippen molar-refractivity contribution in [1.29, 1.82) is 0 Å². The van der Waals surface area contributed by atoms with Gasteiger partial charge in [-0.1, -0.05) is 0 Å². The monoisotopic (exact) mass is 277 g/mol. The Bertz CT molecular complexity index is 538. The molecule has 0 spiro atoms. The average Bonchev–Trinajstić information content (AvgIpc) is 2.86. The van der Waals surface area contributed by atoms with Gasteiger partial charge in [0.25, 0.3) is 0 Å². The van der Waals surface area contributed by atoms with Gasteiger partial charge in [-0.2, -0.15) is 0 Å². The molecule has 0 radical (unpaired) electrons. The fourth-order valence-electron chi connectivity index (χ4n) is 1.96. The van der Waals surface area contributed by atoms with Crippen LogP contribution in [0.25, 0.3) is 0 Å². The molecule has 102 valence electrons. The van der Waals surface area contributed by atoms with Crippen molar-refractivity contribution in [2.75, 3.05) is 23.8 Å². The Morgan fingerprint density at radius 1 is 1.32 bits per heavy atom. The Labute approximate surface area is 117 Å². The molecule has 0 saturated carbocycles. The van der Waals surface area contributed by atoms with Crippen molar-refractivity contribution in [1.82, 2.24) is 15.0 Å². The SMILES string of the molecule is CCNc1nc(C)nc(N(C)Cc2cscn2)c1C. The van der Waals surface area contributed by atoms with Crippen LogP contribution in [0.15, 0.2) is 10.9 Å². The zero-order valence-corrected chi connectivity index (χ0v) is 12.6. The summed E-state index contributed by atoms with van der Waals surface area (Å²) < 4.78 is 0. The van der Waals surface area contributed by atoms with Crippen LogP contribution in [0.2, 0.25) is 0 Å². The van der Waals surface area contributed by atoms with Gasteiger partial charge in [-0.15, -0.1) is 11.3 Å². The topological polar surface area (TPSA) is 53.9 Å². The second-order valence-electron chi connectivity index (χ2n) is 4.43. The van der Waals surface area contributed by atoms with Gasteiger partial charge in [-0.05, 0) is 20.8 Å². The first-order chi connectivity index (χ1) is 9.11. The molecule has 2 aromatic rings. The summed E-state index contributed by atoms with van der Waals surface area (Å²) in [6.07, 6.45) is 0. The maximum Gasteiger partial charge on any atom is 0.137 e. The minimum Gasteiger partial charge on any atom is -0.370 e. The molecular formula is C13H19N5S. The van der Waals surface area contributed by atoms with Crippen LogP contribution >= 0.6 is 11.3 Å². The lowest BCUT2D eigenvalue weighted by atomic mass is 10.2. The lowest BCUT2D eigenvalue weighted by Crippen LogP contribution is -2.20. The van der Waals surface area contributed by atoms with Gasteiger partial charge in [0.15, 0.2) is 0 Å². The van der Waals surface area contributed by atoms with Crippen molar-refractivity contribution in [3.05, 3.63) is 28.0 Å². The molecule has 19 heavy (non-hydrogen) atoms. The number of aryl methyl sites for hydroxylation is 1. The standard InChI is InChI=1S/C13H19N5S/c1-5-14-12-9(2)13(17-10(3)16-12)18(4)6-11-7-19-8-15-11/h7-8H,5-6H2,1-4H3,(H,14,16,17). The molecule has 2 heterocycles. The second-order valence-corrected chi connectivity index (χ2v) is 5.15. The Hall–Kier alpha value is -1.69. The molecule has 0 aliphatic carbocycles. The third kappa shape index (κ3) is 3.20. The molecular weight excluding hydrogens is 258 g/mol. The van der Waals surface area contributed by atoms with Crippen molar-refractivity contribution in [2.45, 2.75) is 27.3 Å². The van der Waals surface area contributed by atoms with Crippen molar-refractivity contribution in [3.63, 3.8) is 0 Å². The van der Waals surface area contributed by atoms with Crippen molar-refractivity contribution in [3.8, 4) is 0 Å². The van der Waals surface area contributed by atoms with E-state index in [0.29, 0.717) is 0 Å². The highest BCUT2D eigenvalue weighted by molar-refractivity contribution is 7.07. The normalized spacial score (nSPS) is 10.5. The van der Waals surface area contributed by atoms with E-state index in [1.54, 1.807) is 11.3 Å². The average molecular weight is 277 g/mol. The highest BCUT2D eigenvalue weighted by Gasteiger charge is 2.13. The van der Waals surface area contributed by atoms with E-state index in [9.17, 15) is 0 Å². The van der Waals surface area contributed by atoms with Crippen molar-refractivity contribution >= 4 is 23.0 Å². The third-order valence-electron chi connectivity index (χ3n) is 2.82. The van der Waals surface area contributed by atoms with Gasteiger partial charge >= 0.3 is 0 Å². The highest BCUT2D eigenvalue weighted by atomic mass is 32.1. The molecule has 2 rings (SSSR count). The summed E-state index contributed by atoms with van der Waals surface area (Å²) >= 11 is 1.61. The lowest BCUT2D eigenvalue weighted by Gasteiger charge is -2.21. The van der Waals surface area contributed by atoms with Crippen LogP contribution in [-0.4, -0.2) is 28.5 Å². The minimum atomic E-state index is 0.756. The Morgan fingerprint density at radius 2 is 2.11 bits per heavy atom. The van der Waals surface area contributed by atoms with Crippen molar-refractivity contribution < 1.29 is 0 Å². The molecule has 1 N–H and O–H groups in total. The van der Waals surface area contributed by atoms with E-state index < -0.39 is 0 Å². The zero-order chi connectivity index (χ0) is 13.8. The number of nitrogens with one attached hydrogen (secondary N) is 1. The van der Waals surface area contributed by atoms with E-state index in [1.165, 1.54) is 0 Å². The molecule has 0 atom stereocenters. The summed E-state index contributed by atoms with van der Waals surface area (Å²) in [6.45, 7) is 7.64. The maximum absolute atomic E-state index is 4.55. The molecule has 0 amide bonds. The predicted octanol–water partition coefficient (Wildman–Crippen LogP) is 2.62. The summed E-state index contributed by atoms with van der Waals surface area (Å²) in [5, 5.41) is 5.34. The number of anilines is 2. The van der Waals surface area contributed by atoms with Crippen LogP contribution in [0.4, 0.5) is 11.6 Å². The quantitative estimate of drug-likeness (QED) is 0.910. The first kappa shape index (κ1) is 13.7. The van der Waals surface area contributed by atoms with Crippen LogP contribution in [-0.2, 0) is 6.54 Å². The Kier molecular flexibility index (Phi) is 4.31. The zero-order valence-electron chi connectivity index (χ0n) is 11.8. The molecule has 6 heteroatoms. The van der Waals surface area contributed by atoms with Crippen LogP contribution in [0.1, 0.15) is 24.0 Å².